The van der Waals surface area contributed by atoms with Crippen molar-refractivity contribution in [2.75, 3.05) is 33.2 Å². The van der Waals surface area contributed by atoms with Gasteiger partial charge in [0.05, 0.1) is 5.92 Å². The van der Waals surface area contributed by atoms with Gasteiger partial charge in [-0.2, -0.15) is 0 Å². The fourth-order valence-electron chi connectivity index (χ4n) is 5.69. The van der Waals surface area contributed by atoms with Gasteiger partial charge in [0.2, 0.25) is 5.91 Å². The Morgan fingerprint density at radius 3 is 2.71 bits per heavy atom. The third kappa shape index (κ3) is 6.12. The second kappa shape index (κ2) is 11.0. The van der Waals surface area contributed by atoms with Crippen molar-refractivity contribution in [1.29, 1.82) is 0 Å². The van der Waals surface area contributed by atoms with Crippen LogP contribution in [0.15, 0.2) is 29.3 Å². The van der Waals surface area contributed by atoms with E-state index in [4.69, 9.17) is 5.73 Å². The molecule has 172 valence electrons. The summed E-state index contributed by atoms with van der Waals surface area (Å²) in [6, 6.07) is 8.76. The third-order valence-corrected chi connectivity index (χ3v) is 7.37. The maximum Gasteiger partial charge on any atom is 0.221 e. The summed E-state index contributed by atoms with van der Waals surface area (Å²) < 4.78 is 0. The largest absolute Gasteiger partial charge is 0.369 e. The summed E-state index contributed by atoms with van der Waals surface area (Å²) in [4.78, 5) is 20.9. The van der Waals surface area contributed by atoms with E-state index >= 15 is 0 Å². The minimum Gasteiger partial charge on any atom is -0.369 e. The molecule has 1 atom stereocenters. The molecule has 1 spiro atoms. The van der Waals surface area contributed by atoms with Crippen LogP contribution in [0, 0.1) is 11.3 Å². The predicted molar refractivity (Wildman–Crippen MR) is 136 cm³/mol. The average Bonchev–Trinajstić information content (AvgIpc) is 3.39. The number of halogens is 1. The quantitative estimate of drug-likeness (QED) is 0.342. The van der Waals surface area contributed by atoms with Crippen molar-refractivity contribution in [2.24, 2.45) is 22.1 Å². The van der Waals surface area contributed by atoms with E-state index in [0.29, 0.717) is 5.41 Å². The number of rotatable bonds is 5. The summed E-state index contributed by atoms with van der Waals surface area (Å²) in [7, 11) is 1.89. The van der Waals surface area contributed by atoms with Gasteiger partial charge in [-0.3, -0.25) is 14.7 Å². The molecule has 7 heteroatoms. The first kappa shape index (κ1) is 24.3. The van der Waals surface area contributed by atoms with Gasteiger partial charge in [-0.1, -0.05) is 37.1 Å². The van der Waals surface area contributed by atoms with Gasteiger partial charge in [0.1, 0.15) is 0 Å². The highest BCUT2D eigenvalue weighted by atomic mass is 127. The third-order valence-electron chi connectivity index (χ3n) is 7.37. The number of nitrogens with one attached hydrogen (secondary N) is 1. The Labute approximate surface area is 204 Å². The summed E-state index contributed by atoms with van der Waals surface area (Å²) in [5, 5.41) is 3.59. The Kier molecular flexibility index (Phi) is 8.61. The molecule has 0 aromatic heterocycles. The zero-order valence-electron chi connectivity index (χ0n) is 18.8. The molecule has 3 aliphatic rings. The van der Waals surface area contributed by atoms with E-state index in [0.717, 1.165) is 58.1 Å². The Bertz CT molecular complexity index is 777. The maximum atomic E-state index is 11.5. The summed E-state index contributed by atoms with van der Waals surface area (Å²) in [6.07, 6.45) is 8.83. The predicted octanol–water partition coefficient (Wildman–Crippen LogP) is 3.34. The first-order valence-electron chi connectivity index (χ1n) is 11.6. The molecule has 31 heavy (non-hydrogen) atoms. The van der Waals surface area contributed by atoms with Crippen LogP contribution >= 0.6 is 24.0 Å². The molecule has 1 aromatic rings. The van der Waals surface area contributed by atoms with E-state index in [1.807, 2.05) is 7.05 Å². The first-order chi connectivity index (χ1) is 14.6. The highest BCUT2D eigenvalue weighted by Crippen LogP contribution is 2.45. The summed E-state index contributed by atoms with van der Waals surface area (Å²) >= 11 is 0. The minimum atomic E-state index is -0.162. The number of primary amides is 1. The molecule has 2 aliphatic heterocycles. The van der Waals surface area contributed by atoms with Crippen molar-refractivity contribution in [1.82, 2.24) is 15.1 Å². The number of nitrogens with two attached hydrogens (primary N) is 1. The number of amides is 1. The fourth-order valence-corrected chi connectivity index (χ4v) is 5.69. The molecule has 6 nitrogen and oxygen atoms in total. The van der Waals surface area contributed by atoms with Gasteiger partial charge in [-0.15, -0.1) is 24.0 Å². The zero-order chi connectivity index (χ0) is 21.0. The summed E-state index contributed by atoms with van der Waals surface area (Å²) in [5.74, 6) is 0.866. The van der Waals surface area contributed by atoms with Crippen LogP contribution < -0.4 is 11.1 Å². The number of hydrogen-bond acceptors (Lipinski definition) is 3. The van der Waals surface area contributed by atoms with Crippen molar-refractivity contribution in [3.8, 4) is 0 Å². The number of nitrogens with zero attached hydrogens (tertiary/aromatic N) is 3. The average molecular weight is 540 g/mol. The van der Waals surface area contributed by atoms with Crippen LogP contribution in [0.4, 0.5) is 0 Å². The van der Waals surface area contributed by atoms with Crippen LogP contribution in [0.1, 0.15) is 56.1 Å². The Morgan fingerprint density at radius 1 is 1.19 bits per heavy atom. The van der Waals surface area contributed by atoms with E-state index in [2.05, 4.69) is 44.4 Å². The van der Waals surface area contributed by atoms with Crippen LogP contribution in [-0.4, -0.2) is 54.9 Å². The minimum absolute atomic E-state index is 0. The topological polar surface area (TPSA) is 74.0 Å². The molecule has 3 N–H and O–H groups in total. The van der Waals surface area contributed by atoms with Gasteiger partial charge < -0.3 is 16.0 Å². The van der Waals surface area contributed by atoms with Crippen LogP contribution in [0.5, 0.6) is 0 Å². The molecule has 1 aromatic carbocycles. The number of carbonyl (C=O) groups is 1. The van der Waals surface area contributed by atoms with Gasteiger partial charge in [0.15, 0.2) is 5.96 Å². The van der Waals surface area contributed by atoms with Crippen LogP contribution in [-0.2, 0) is 17.9 Å². The normalized spacial score (nSPS) is 23.7. The van der Waals surface area contributed by atoms with Crippen molar-refractivity contribution in [3.05, 3.63) is 35.4 Å². The number of aliphatic imine (C=N–C) groups is 1. The van der Waals surface area contributed by atoms with Crippen molar-refractivity contribution >= 4 is 35.8 Å². The number of likely N-dealkylation sites (tertiary alicyclic amines) is 2. The number of carbonyl (C=O) groups excluding carboxylic acids is 1. The highest BCUT2D eigenvalue weighted by molar-refractivity contribution is 14.0. The van der Waals surface area contributed by atoms with Crippen molar-refractivity contribution < 1.29 is 4.79 Å². The lowest BCUT2D eigenvalue weighted by Crippen LogP contribution is -2.41. The Hall–Kier alpha value is -1.35. The van der Waals surface area contributed by atoms with E-state index in [1.165, 1.54) is 43.2 Å². The van der Waals surface area contributed by atoms with Gasteiger partial charge >= 0.3 is 0 Å². The van der Waals surface area contributed by atoms with E-state index in [-0.39, 0.29) is 35.8 Å². The van der Waals surface area contributed by atoms with Crippen LogP contribution in [0.3, 0.4) is 0 Å². The summed E-state index contributed by atoms with van der Waals surface area (Å²) in [5.41, 5.74) is 8.64. The Morgan fingerprint density at radius 2 is 1.97 bits per heavy atom. The lowest BCUT2D eigenvalue weighted by molar-refractivity contribution is -0.123. The molecule has 1 saturated carbocycles. The smallest absolute Gasteiger partial charge is 0.221 e. The molecule has 1 aliphatic carbocycles. The van der Waals surface area contributed by atoms with Gasteiger partial charge in [0, 0.05) is 39.8 Å². The molecule has 2 saturated heterocycles. The van der Waals surface area contributed by atoms with Crippen LogP contribution in [0.2, 0.25) is 0 Å². The SMILES string of the molecule is CN=C(NCc1cccc(CN2CCCC(C(N)=O)C2)c1)N1CCC2(CCCC2)C1.I. The number of piperidine rings is 1. The first-order valence-corrected chi connectivity index (χ1v) is 11.6. The van der Waals surface area contributed by atoms with E-state index in [1.54, 1.807) is 0 Å². The number of benzene rings is 1. The standard InChI is InChI=1S/C24H37N5O.HI/c1-26-23(29-13-11-24(18-29)9-2-3-10-24)27-15-19-6-4-7-20(14-19)16-28-12-5-8-21(17-28)22(25)30;/h4,6-7,14,21H,2-3,5,8-13,15-18H2,1H3,(H2,25,30)(H,26,27);1H. The Balaban J connectivity index is 0.00000272. The van der Waals surface area contributed by atoms with E-state index < -0.39 is 0 Å². The molecular formula is C24H38IN5O. The number of guanidine groups is 1. The highest BCUT2D eigenvalue weighted by Gasteiger charge is 2.41. The second-order valence-corrected chi connectivity index (χ2v) is 9.58. The molecule has 0 radical (unpaired) electrons. The molecule has 1 unspecified atom stereocenters. The zero-order valence-corrected chi connectivity index (χ0v) is 21.1. The lowest BCUT2D eigenvalue weighted by Gasteiger charge is -2.31. The molecule has 4 rings (SSSR count). The second-order valence-electron chi connectivity index (χ2n) is 9.58. The molecule has 1 amide bonds. The maximum absolute atomic E-state index is 11.5. The van der Waals surface area contributed by atoms with Crippen LogP contribution in [0.25, 0.3) is 0 Å². The monoisotopic (exact) mass is 539 g/mol. The number of hydrogen-bond donors (Lipinski definition) is 2. The summed E-state index contributed by atoms with van der Waals surface area (Å²) in [6.45, 7) is 5.75. The fraction of sp³-hybridized carbons (Fsp3) is 0.667. The molecule has 0 bridgehead atoms. The van der Waals surface area contributed by atoms with Gasteiger partial charge in [-0.25, -0.2) is 0 Å². The molecule has 3 fully saturated rings. The lowest BCUT2D eigenvalue weighted by atomic mass is 9.86. The van der Waals surface area contributed by atoms with Crippen molar-refractivity contribution in [3.63, 3.8) is 0 Å². The molecular weight excluding hydrogens is 501 g/mol. The molecule has 2 heterocycles. The van der Waals surface area contributed by atoms with Crippen molar-refractivity contribution in [2.45, 2.75) is 58.0 Å². The van der Waals surface area contributed by atoms with Gasteiger partial charge in [-0.05, 0) is 55.2 Å². The van der Waals surface area contributed by atoms with Gasteiger partial charge in [0.25, 0.3) is 0 Å². The van der Waals surface area contributed by atoms with E-state index in [9.17, 15) is 4.79 Å².